The van der Waals surface area contributed by atoms with Crippen molar-refractivity contribution in [3.05, 3.63) is 36.3 Å². The number of carbonyl (C=O) groups is 1. The third kappa shape index (κ3) is 3.17. The first kappa shape index (κ1) is 16.2. The summed E-state index contributed by atoms with van der Waals surface area (Å²) in [6.45, 7) is 5.69. The Morgan fingerprint density at radius 3 is 2.68 bits per heavy atom. The Balaban J connectivity index is 1.57. The molecule has 1 saturated heterocycles. The Bertz CT molecular complexity index is 794. The molecule has 3 atom stereocenters. The predicted molar refractivity (Wildman–Crippen MR) is 96.7 cm³/mol. The lowest BCUT2D eigenvalue weighted by molar-refractivity contribution is 0.0175. The first-order valence-corrected chi connectivity index (χ1v) is 8.74. The van der Waals surface area contributed by atoms with E-state index in [4.69, 9.17) is 12.6 Å². The molecule has 4 rings (SSSR count). The number of piperidine rings is 1. The number of fused-ring (bicyclic) bond motifs is 1. The molecule has 0 bridgehead atoms. The normalized spacial score (nSPS) is 24.9. The Hall–Kier alpha value is -2.24. The lowest BCUT2D eigenvalue weighted by Gasteiger charge is -2.29. The molecule has 1 N–H and O–H groups in total. The van der Waals surface area contributed by atoms with Crippen LogP contribution in [0, 0.1) is 5.92 Å². The lowest BCUT2D eigenvalue weighted by atomic mass is 9.95. The van der Waals surface area contributed by atoms with E-state index in [1.54, 1.807) is 0 Å². The van der Waals surface area contributed by atoms with Crippen LogP contribution in [0.3, 0.4) is 0 Å². The number of likely N-dealkylation sites (tertiary alicyclic amines) is 1. The van der Waals surface area contributed by atoms with Crippen LogP contribution in [-0.4, -0.2) is 40.5 Å². The number of aromatic amines is 1. The maximum atomic E-state index is 12.6. The standard InChI is InChI=1S/C19H22BN3O2/c1-19(2,3)25-18(24)23-15-8-12(15)9-16(23)17-21-10-14(22-17)11-4-6-13(20)7-5-11/h4-7,10,12,15-16H,8-9H2,1-3H3,(H,21,22)/t12-,15-,16?/m1/s1. The van der Waals surface area contributed by atoms with Crippen molar-refractivity contribution in [3.8, 4) is 11.3 Å². The number of aromatic nitrogens is 2. The van der Waals surface area contributed by atoms with Crippen molar-refractivity contribution in [1.29, 1.82) is 0 Å². The number of benzene rings is 1. The zero-order valence-electron chi connectivity index (χ0n) is 14.8. The number of H-pyrrole nitrogens is 1. The van der Waals surface area contributed by atoms with Gasteiger partial charge < -0.3 is 9.72 Å². The van der Waals surface area contributed by atoms with E-state index in [9.17, 15) is 4.79 Å². The van der Waals surface area contributed by atoms with E-state index < -0.39 is 5.60 Å². The fraction of sp³-hybridized carbons (Fsp3) is 0.474. The summed E-state index contributed by atoms with van der Waals surface area (Å²) >= 11 is 0. The van der Waals surface area contributed by atoms with E-state index in [-0.39, 0.29) is 12.1 Å². The van der Waals surface area contributed by atoms with Gasteiger partial charge in [0.2, 0.25) is 0 Å². The van der Waals surface area contributed by atoms with Gasteiger partial charge in [-0.2, -0.15) is 0 Å². The summed E-state index contributed by atoms with van der Waals surface area (Å²) in [5.41, 5.74) is 2.20. The monoisotopic (exact) mass is 335 g/mol. The van der Waals surface area contributed by atoms with Crippen molar-refractivity contribution >= 4 is 19.4 Å². The fourth-order valence-corrected chi connectivity index (χ4v) is 3.59. The minimum atomic E-state index is -0.493. The van der Waals surface area contributed by atoms with Crippen molar-refractivity contribution in [2.45, 2.75) is 51.3 Å². The van der Waals surface area contributed by atoms with Gasteiger partial charge in [0, 0.05) is 6.04 Å². The highest BCUT2D eigenvalue weighted by molar-refractivity contribution is 6.32. The maximum Gasteiger partial charge on any atom is 0.411 e. The van der Waals surface area contributed by atoms with Crippen LogP contribution in [0.25, 0.3) is 11.3 Å². The molecule has 2 radical (unpaired) electrons. The average molecular weight is 335 g/mol. The summed E-state index contributed by atoms with van der Waals surface area (Å²) in [6.07, 6.45) is 3.59. The first-order chi connectivity index (χ1) is 11.8. The topological polar surface area (TPSA) is 58.2 Å². The van der Waals surface area contributed by atoms with E-state index in [0.717, 1.165) is 35.4 Å². The number of ether oxygens (including phenoxy) is 1. The molecule has 5 nitrogen and oxygen atoms in total. The quantitative estimate of drug-likeness (QED) is 0.859. The molecule has 1 aliphatic heterocycles. The summed E-state index contributed by atoms with van der Waals surface area (Å²) < 4.78 is 5.61. The van der Waals surface area contributed by atoms with Gasteiger partial charge in [0.05, 0.1) is 17.9 Å². The highest BCUT2D eigenvalue weighted by Gasteiger charge is 2.56. The Morgan fingerprint density at radius 1 is 1.28 bits per heavy atom. The molecule has 1 saturated carbocycles. The van der Waals surface area contributed by atoms with E-state index in [0.29, 0.717) is 12.0 Å². The smallest absolute Gasteiger partial charge is 0.411 e. The first-order valence-electron chi connectivity index (χ1n) is 8.74. The molecule has 2 aromatic rings. The third-order valence-electron chi connectivity index (χ3n) is 4.84. The van der Waals surface area contributed by atoms with Crippen molar-refractivity contribution in [1.82, 2.24) is 14.9 Å². The van der Waals surface area contributed by atoms with E-state index in [2.05, 4.69) is 9.97 Å². The minimum absolute atomic E-state index is 0.0406. The van der Waals surface area contributed by atoms with Crippen LogP contribution in [-0.2, 0) is 4.74 Å². The molecule has 2 aliphatic rings. The molecular weight excluding hydrogens is 313 g/mol. The second kappa shape index (κ2) is 5.65. The molecule has 1 unspecified atom stereocenters. The van der Waals surface area contributed by atoms with Crippen LogP contribution in [0.5, 0.6) is 0 Å². The van der Waals surface area contributed by atoms with Crippen molar-refractivity contribution in [2.75, 3.05) is 0 Å². The molecule has 0 spiro atoms. The zero-order chi connectivity index (χ0) is 17.8. The maximum absolute atomic E-state index is 12.6. The molecule has 1 aliphatic carbocycles. The molecule has 1 aromatic carbocycles. The summed E-state index contributed by atoms with van der Waals surface area (Å²) in [4.78, 5) is 22.4. The van der Waals surface area contributed by atoms with Gasteiger partial charge in [0.1, 0.15) is 19.3 Å². The number of rotatable bonds is 2. The Kier molecular flexibility index (Phi) is 3.67. The minimum Gasteiger partial charge on any atom is -0.444 e. The highest BCUT2D eigenvalue weighted by Crippen LogP contribution is 2.53. The van der Waals surface area contributed by atoms with Crippen molar-refractivity contribution in [3.63, 3.8) is 0 Å². The van der Waals surface area contributed by atoms with Crippen molar-refractivity contribution in [2.24, 2.45) is 5.92 Å². The summed E-state index contributed by atoms with van der Waals surface area (Å²) in [5, 5.41) is 0. The molecule has 25 heavy (non-hydrogen) atoms. The van der Waals surface area contributed by atoms with Crippen molar-refractivity contribution < 1.29 is 9.53 Å². The van der Waals surface area contributed by atoms with Crippen LogP contribution in [0.4, 0.5) is 4.79 Å². The van der Waals surface area contributed by atoms with E-state index >= 15 is 0 Å². The second-order valence-corrected chi connectivity index (χ2v) is 8.01. The molecule has 6 heteroatoms. The van der Waals surface area contributed by atoms with Gasteiger partial charge in [-0.15, -0.1) is 0 Å². The van der Waals surface area contributed by atoms with Crippen LogP contribution in [0.15, 0.2) is 30.5 Å². The zero-order valence-corrected chi connectivity index (χ0v) is 14.8. The average Bonchev–Trinajstić information content (AvgIpc) is 2.97. The molecule has 1 aromatic heterocycles. The van der Waals surface area contributed by atoms with Crippen LogP contribution in [0.1, 0.15) is 45.5 Å². The Morgan fingerprint density at radius 2 is 2.00 bits per heavy atom. The number of nitrogens with one attached hydrogen (secondary N) is 1. The fourth-order valence-electron chi connectivity index (χ4n) is 3.59. The van der Waals surface area contributed by atoms with Gasteiger partial charge in [0.25, 0.3) is 0 Å². The van der Waals surface area contributed by atoms with E-state index in [1.165, 1.54) is 0 Å². The van der Waals surface area contributed by atoms with Gasteiger partial charge in [0.15, 0.2) is 0 Å². The SMILES string of the molecule is [B]c1ccc(-c2cnc(C3C[C@H]4C[C@H]4N3C(=O)OC(C)(C)C)[nH]2)cc1. The third-order valence-corrected chi connectivity index (χ3v) is 4.84. The number of hydrogen-bond acceptors (Lipinski definition) is 3. The van der Waals surface area contributed by atoms with Gasteiger partial charge in [-0.3, -0.25) is 4.90 Å². The molecular formula is C19H22BN3O2. The number of hydrogen-bond donors (Lipinski definition) is 1. The Labute approximate surface area is 149 Å². The predicted octanol–water partition coefficient (Wildman–Crippen LogP) is 2.94. The summed E-state index contributed by atoms with van der Waals surface area (Å²) in [7, 11) is 5.75. The van der Waals surface area contributed by atoms with Gasteiger partial charge in [-0.1, -0.05) is 29.7 Å². The molecule has 2 heterocycles. The lowest BCUT2D eigenvalue weighted by Crippen LogP contribution is -2.38. The van der Waals surface area contributed by atoms with Crippen LogP contribution in [0.2, 0.25) is 0 Å². The second-order valence-electron chi connectivity index (χ2n) is 8.01. The van der Waals surface area contributed by atoms with Crippen LogP contribution >= 0.6 is 0 Å². The molecule has 2 fully saturated rings. The van der Waals surface area contributed by atoms with Gasteiger partial charge in [-0.05, 0) is 45.1 Å². The highest BCUT2D eigenvalue weighted by atomic mass is 16.6. The number of imidazole rings is 1. The number of carbonyl (C=O) groups excluding carboxylic acids is 1. The molecule has 1 amide bonds. The summed E-state index contributed by atoms with van der Waals surface area (Å²) in [5.74, 6) is 1.40. The largest absolute Gasteiger partial charge is 0.444 e. The van der Waals surface area contributed by atoms with Gasteiger partial charge >= 0.3 is 6.09 Å². The van der Waals surface area contributed by atoms with E-state index in [1.807, 2.05) is 56.1 Å². The number of nitrogens with zero attached hydrogens (tertiary/aromatic N) is 2. The summed E-state index contributed by atoms with van der Waals surface area (Å²) in [6, 6.07) is 7.92. The van der Waals surface area contributed by atoms with Crippen LogP contribution < -0.4 is 5.46 Å². The molecule has 128 valence electrons. The van der Waals surface area contributed by atoms with Gasteiger partial charge in [-0.25, -0.2) is 9.78 Å². The number of amides is 1.